The number of carbonyl (C=O) groups excluding carboxylic acids is 2. The first-order chi connectivity index (χ1) is 19.9. The van der Waals surface area contributed by atoms with E-state index in [0.29, 0.717) is 42.4 Å². The van der Waals surface area contributed by atoms with Crippen molar-refractivity contribution in [2.24, 2.45) is 0 Å². The van der Waals surface area contributed by atoms with Gasteiger partial charge in [0, 0.05) is 34.1 Å². The molecule has 2 aromatic carbocycles. The van der Waals surface area contributed by atoms with E-state index >= 15 is 0 Å². The number of benzene rings is 2. The maximum atomic E-state index is 14.0. The molecule has 3 aromatic rings. The Morgan fingerprint density at radius 2 is 1.71 bits per heavy atom. The lowest BCUT2D eigenvalue weighted by molar-refractivity contribution is -0.132. The molecular formula is C32H41N3O5S. The molecule has 4 rings (SSSR count). The van der Waals surface area contributed by atoms with Crippen LogP contribution in [0.3, 0.4) is 0 Å². The summed E-state index contributed by atoms with van der Waals surface area (Å²) in [6.07, 6.45) is 5.71. The van der Waals surface area contributed by atoms with Gasteiger partial charge in [0.15, 0.2) is 11.5 Å². The van der Waals surface area contributed by atoms with Crippen molar-refractivity contribution in [1.29, 1.82) is 0 Å². The van der Waals surface area contributed by atoms with Gasteiger partial charge in [0.1, 0.15) is 12.3 Å². The number of urea groups is 1. The van der Waals surface area contributed by atoms with Crippen molar-refractivity contribution in [2.45, 2.75) is 58.0 Å². The summed E-state index contributed by atoms with van der Waals surface area (Å²) in [5.74, 6) is 1.93. The molecule has 220 valence electrons. The van der Waals surface area contributed by atoms with Crippen LogP contribution in [0.4, 0.5) is 10.5 Å². The fourth-order valence-electron chi connectivity index (χ4n) is 5.25. The number of amides is 3. The van der Waals surface area contributed by atoms with Gasteiger partial charge in [-0.25, -0.2) is 4.79 Å². The van der Waals surface area contributed by atoms with Gasteiger partial charge in [-0.1, -0.05) is 31.4 Å². The molecule has 0 saturated heterocycles. The third-order valence-electron chi connectivity index (χ3n) is 7.52. The molecule has 1 aliphatic carbocycles. The number of aryl methyl sites for hydroxylation is 1. The maximum absolute atomic E-state index is 14.0. The van der Waals surface area contributed by atoms with Crippen LogP contribution in [0.1, 0.15) is 47.4 Å². The van der Waals surface area contributed by atoms with E-state index in [9.17, 15) is 9.59 Å². The molecule has 0 spiro atoms. The van der Waals surface area contributed by atoms with E-state index in [2.05, 4.69) is 24.4 Å². The molecule has 9 heteroatoms. The zero-order valence-electron chi connectivity index (χ0n) is 24.5. The van der Waals surface area contributed by atoms with Crippen LogP contribution in [-0.4, -0.2) is 62.2 Å². The lowest BCUT2D eigenvalue weighted by Crippen LogP contribution is -2.49. The van der Waals surface area contributed by atoms with Crippen LogP contribution in [0.25, 0.3) is 0 Å². The summed E-state index contributed by atoms with van der Waals surface area (Å²) in [6.45, 7) is 3.11. The Morgan fingerprint density at radius 1 is 0.927 bits per heavy atom. The second-order valence-electron chi connectivity index (χ2n) is 10.3. The van der Waals surface area contributed by atoms with Gasteiger partial charge in [0.2, 0.25) is 5.91 Å². The molecule has 0 radical (unpaired) electrons. The number of rotatable bonds is 12. The van der Waals surface area contributed by atoms with Gasteiger partial charge in [-0.05, 0) is 68.1 Å². The Kier molecular flexibility index (Phi) is 10.9. The van der Waals surface area contributed by atoms with Crippen LogP contribution in [0.5, 0.6) is 17.2 Å². The first kappa shape index (κ1) is 30.2. The highest BCUT2D eigenvalue weighted by atomic mass is 32.1. The smallest absolute Gasteiger partial charge is 0.322 e. The molecule has 1 aliphatic rings. The highest BCUT2D eigenvalue weighted by Crippen LogP contribution is 2.28. The second kappa shape index (κ2) is 14.8. The van der Waals surface area contributed by atoms with E-state index in [1.54, 1.807) is 43.6 Å². The van der Waals surface area contributed by atoms with Crippen molar-refractivity contribution in [3.63, 3.8) is 0 Å². The maximum Gasteiger partial charge on any atom is 0.322 e. The number of nitrogens with one attached hydrogen (secondary N) is 1. The fourth-order valence-corrected chi connectivity index (χ4v) is 6.16. The number of hydrogen-bond acceptors (Lipinski definition) is 6. The summed E-state index contributed by atoms with van der Waals surface area (Å²) in [4.78, 5) is 33.5. The quantitative estimate of drug-likeness (QED) is 0.264. The fraction of sp³-hybridized carbons (Fsp3) is 0.438. The van der Waals surface area contributed by atoms with Gasteiger partial charge in [0.25, 0.3) is 0 Å². The average Bonchev–Trinajstić information content (AvgIpc) is 3.42. The van der Waals surface area contributed by atoms with Crippen LogP contribution in [0.2, 0.25) is 0 Å². The number of ether oxygens (including phenoxy) is 3. The van der Waals surface area contributed by atoms with E-state index in [4.69, 9.17) is 14.2 Å². The number of anilines is 1. The SMILES string of the molecule is COc1cccc(NC(=O)N(CC(=O)N(CCc2ccc(OC)c(OC)c2)Cc2ccc(C)s2)C2CCCCC2)c1. The molecule has 41 heavy (non-hydrogen) atoms. The minimum absolute atomic E-state index is 0.0231. The Labute approximate surface area is 247 Å². The van der Waals surface area contributed by atoms with Crippen molar-refractivity contribution in [1.82, 2.24) is 9.80 Å². The zero-order valence-corrected chi connectivity index (χ0v) is 25.3. The van der Waals surface area contributed by atoms with Gasteiger partial charge < -0.3 is 29.3 Å². The molecule has 0 aliphatic heterocycles. The predicted octanol–water partition coefficient (Wildman–Crippen LogP) is 6.52. The Hall–Kier alpha value is -3.72. The van der Waals surface area contributed by atoms with E-state index in [0.717, 1.165) is 42.5 Å². The summed E-state index contributed by atoms with van der Waals surface area (Å²) in [7, 11) is 4.83. The molecule has 0 unspecified atom stereocenters. The number of hydrogen-bond donors (Lipinski definition) is 1. The average molecular weight is 580 g/mol. The van der Waals surface area contributed by atoms with Crippen LogP contribution in [0.15, 0.2) is 54.6 Å². The molecule has 1 fully saturated rings. The van der Waals surface area contributed by atoms with E-state index in [1.165, 1.54) is 4.88 Å². The van der Waals surface area contributed by atoms with Gasteiger partial charge in [-0.3, -0.25) is 4.79 Å². The van der Waals surface area contributed by atoms with Gasteiger partial charge in [-0.15, -0.1) is 11.3 Å². The molecule has 1 aromatic heterocycles. The summed E-state index contributed by atoms with van der Waals surface area (Å²) in [6, 6.07) is 17.0. The molecular weight excluding hydrogens is 538 g/mol. The lowest BCUT2D eigenvalue weighted by Gasteiger charge is -2.35. The van der Waals surface area contributed by atoms with E-state index < -0.39 is 0 Å². The predicted molar refractivity (Wildman–Crippen MR) is 163 cm³/mol. The molecule has 0 bridgehead atoms. The third-order valence-corrected chi connectivity index (χ3v) is 8.50. The van der Waals surface area contributed by atoms with Crippen molar-refractivity contribution in [3.8, 4) is 17.2 Å². The van der Waals surface area contributed by atoms with Crippen molar-refractivity contribution < 1.29 is 23.8 Å². The first-order valence-corrected chi connectivity index (χ1v) is 15.0. The molecule has 1 saturated carbocycles. The van der Waals surface area contributed by atoms with Gasteiger partial charge in [-0.2, -0.15) is 0 Å². The highest BCUT2D eigenvalue weighted by molar-refractivity contribution is 7.11. The summed E-state index contributed by atoms with van der Waals surface area (Å²) >= 11 is 1.69. The minimum Gasteiger partial charge on any atom is -0.497 e. The Bertz CT molecular complexity index is 1300. The largest absolute Gasteiger partial charge is 0.497 e. The van der Waals surface area contributed by atoms with Crippen molar-refractivity contribution >= 4 is 29.0 Å². The minimum atomic E-state index is -0.259. The summed E-state index contributed by atoms with van der Waals surface area (Å²) in [5, 5.41) is 3.01. The number of nitrogens with zero attached hydrogens (tertiary/aromatic N) is 2. The highest BCUT2D eigenvalue weighted by Gasteiger charge is 2.29. The lowest BCUT2D eigenvalue weighted by atomic mass is 9.94. The van der Waals surface area contributed by atoms with Crippen LogP contribution in [0, 0.1) is 6.92 Å². The summed E-state index contributed by atoms with van der Waals surface area (Å²) < 4.78 is 16.2. The normalized spacial score (nSPS) is 13.4. The molecule has 1 N–H and O–H groups in total. The molecule has 0 atom stereocenters. The zero-order chi connectivity index (χ0) is 29.2. The molecule has 1 heterocycles. The topological polar surface area (TPSA) is 80.3 Å². The number of methoxy groups -OCH3 is 3. The number of thiophene rings is 1. The van der Waals surface area contributed by atoms with Crippen LogP contribution >= 0.6 is 11.3 Å². The van der Waals surface area contributed by atoms with E-state index in [-0.39, 0.29) is 24.5 Å². The standard InChI is InChI=1S/C32H41N3O5S/c1-23-13-15-28(41-23)21-34(18-17-24-14-16-29(39-3)30(19-24)40-4)31(36)22-35(26-10-6-5-7-11-26)32(37)33-25-9-8-12-27(20-25)38-2/h8-9,12-16,19-20,26H,5-7,10-11,17-18,21-22H2,1-4H3,(H,33,37). The van der Waals surface area contributed by atoms with Crippen LogP contribution in [-0.2, 0) is 17.8 Å². The van der Waals surface area contributed by atoms with Crippen molar-refractivity contribution in [2.75, 3.05) is 39.7 Å². The molecule has 8 nitrogen and oxygen atoms in total. The Balaban J connectivity index is 1.53. The molecule has 3 amide bonds. The van der Waals surface area contributed by atoms with Crippen molar-refractivity contribution in [3.05, 3.63) is 69.9 Å². The van der Waals surface area contributed by atoms with E-state index in [1.807, 2.05) is 41.3 Å². The monoisotopic (exact) mass is 579 g/mol. The Morgan fingerprint density at radius 3 is 2.39 bits per heavy atom. The van der Waals surface area contributed by atoms with Gasteiger partial charge in [0.05, 0.1) is 27.9 Å². The van der Waals surface area contributed by atoms with Gasteiger partial charge >= 0.3 is 6.03 Å². The third kappa shape index (κ3) is 8.39. The summed E-state index contributed by atoms with van der Waals surface area (Å²) in [5.41, 5.74) is 1.68. The van der Waals surface area contributed by atoms with Crippen LogP contribution < -0.4 is 19.5 Å². The first-order valence-electron chi connectivity index (χ1n) is 14.2. The second-order valence-corrected chi connectivity index (χ2v) is 11.7. The number of carbonyl (C=O) groups is 2.